The summed E-state index contributed by atoms with van der Waals surface area (Å²) in [5.74, 6) is -1.03. The number of hydrogen-bond acceptors (Lipinski definition) is 2. The van der Waals surface area contributed by atoms with E-state index in [-0.39, 0.29) is 11.4 Å². The minimum absolute atomic E-state index is 0.00928. The van der Waals surface area contributed by atoms with Crippen molar-refractivity contribution in [3.05, 3.63) is 51.6 Å². The number of nitrogens with one attached hydrogen (secondary N) is 1. The van der Waals surface area contributed by atoms with E-state index in [1.807, 2.05) is 0 Å². The lowest BCUT2D eigenvalue weighted by molar-refractivity contribution is 0.0995. The van der Waals surface area contributed by atoms with Gasteiger partial charge in [0.15, 0.2) is 10.4 Å². The Bertz CT molecular complexity index is 570. The van der Waals surface area contributed by atoms with Crippen LogP contribution in [0.4, 0.5) is 10.1 Å². The zero-order valence-corrected chi connectivity index (χ0v) is 10.7. The van der Waals surface area contributed by atoms with Crippen LogP contribution in [0.2, 0.25) is 5.02 Å². The third kappa shape index (κ3) is 2.87. The highest BCUT2D eigenvalue weighted by Crippen LogP contribution is 2.21. The van der Waals surface area contributed by atoms with Gasteiger partial charge in [-0.15, -0.1) is 0 Å². The Hall–Kier alpha value is -1.33. The number of hydrogen-bond donors (Lipinski definition) is 1. The van der Waals surface area contributed by atoms with Gasteiger partial charge in [-0.3, -0.25) is 4.79 Å². The lowest BCUT2D eigenvalue weighted by atomic mass is 10.3. The van der Waals surface area contributed by atoms with E-state index in [2.05, 4.69) is 21.2 Å². The van der Waals surface area contributed by atoms with E-state index in [1.54, 1.807) is 6.07 Å². The summed E-state index contributed by atoms with van der Waals surface area (Å²) in [4.78, 5) is 11.7. The molecule has 0 fully saturated rings. The van der Waals surface area contributed by atoms with Crippen molar-refractivity contribution in [1.82, 2.24) is 0 Å². The van der Waals surface area contributed by atoms with E-state index in [4.69, 9.17) is 16.0 Å². The van der Waals surface area contributed by atoms with Gasteiger partial charge < -0.3 is 9.73 Å². The summed E-state index contributed by atoms with van der Waals surface area (Å²) in [6.45, 7) is 0. The van der Waals surface area contributed by atoms with Crippen molar-refractivity contribution in [3.8, 4) is 0 Å². The molecule has 0 aliphatic carbocycles. The number of halogens is 3. The Morgan fingerprint density at radius 3 is 2.76 bits per heavy atom. The highest BCUT2D eigenvalue weighted by molar-refractivity contribution is 9.10. The lowest BCUT2D eigenvalue weighted by Crippen LogP contribution is -2.12. The summed E-state index contributed by atoms with van der Waals surface area (Å²) in [7, 11) is 0. The number of carbonyl (C=O) groups excluding carboxylic acids is 1. The first kappa shape index (κ1) is 12.1. The van der Waals surface area contributed by atoms with E-state index in [0.29, 0.717) is 9.69 Å². The topological polar surface area (TPSA) is 42.2 Å². The second-order valence-electron chi connectivity index (χ2n) is 3.18. The molecule has 3 nitrogen and oxygen atoms in total. The van der Waals surface area contributed by atoms with Crippen LogP contribution < -0.4 is 5.32 Å². The average molecular weight is 319 g/mol. The van der Waals surface area contributed by atoms with Crippen LogP contribution in [0, 0.1) is 5.82 Å². The third-order valence-corrected chi connectivity index (χ3v) is 2.63. The fourth-order valence-electron chi connectivity index (χ4n) is 1.21. The van der Waals surface area contributed by atoms with E-state index >= 15 is 0 Å². The van der Waals surface area contributed by atoms with Gasteiger partial charge in [0, 0.05) is 5.02 Å². The van der Waals surface area contributed by atoms with Crippen LogP contribution in [0.5, 0.6) is 0 Å². The molecule has 1 heterocycles. The first-order valence-corrected chi connectivity index (χ1v) is 5.75. The molecular weight excluding hydrogens is 312 g/mol. The van der Waals surface area contributed by atoms with Crippen molar-refractivity contribution in [2.75, 3.05) is 5.32 Å². The maximum absolute atomic E-state index is 13.3. The molecule has 1 aromatic carbocycles. The smallest absolute Gasteiger partial charge is 0.291 e. The van der Waals surface area contributed by atoms with Gasteiger partial charge in [-0.2, -0.15) is 0 Å². The summed E-state index contributed by atoms with van der Waals surface area (Å²) in [6, 6.07) is 6.95. The minimum atomic E-state index is -0.562. The molecule has 1 aromatic heterocycles. The molecule has 0 unspecified atom stereocenters. The van der Waals surface area contributed by atoms with Crippen molar-refractivity contribution < 1.29 is 13.6 Å². The Balaban J connectivity index is 2.21. The largest absolute Gasteiger partial charge is 0.444 e. The van der Waals surface area contributed by atoms with Crippen LogP contribution >= 0.6 is 27.5 Å². The molecule has 2 rings (SSSR count). The number of carbonyl (C=O) groups is 1. The van der Waals surface area contributed by atoms with Crippen molar-refractivity contribution in [2.24, 2.45) is 0 Å². The van der Waals surface area contributed by atoms with Gasteiger partial charge in [0.1, 0.15) is 5.82 Å². The average Bonchev–Trinajstić information content (AvgIpc) is 2.70. The number of furan rings is 1. The van der Waals surface area contributed by atoms with Gasteiger partial charge in [-0.05, 0) is 46.3 Å². The number of rotatable bonds is 2. The summed E-state index contributed by atoms with van der Waals surface area (Å²) in [5, 5.41) is 2.70. The molecule has 0 radical (unpaired) electrons. The van der Waals surface area contributed by atoms with Crippen LogP contribution in [-0.2, 0) is 0 Å². The van der Waals surface area contributed by atoms with Crippen molar-refractivity contribution in [2.45, 2.75) is 0 Å². The SMILES string of the molecule is O=C(Nc1cc(Cl)ccc1F)c1ccc(Br)o1. The predicted molar refractivity (Wildman–Crippen MR) is 65.8 cm³/mol. The van der Waals surface area contributed by atoms with Gasteiger partial charge in [0.2, 0.25) is 0 Å². The molecule has 1 N–H and O–H groups in total. The maximum Gasteiger partial charge on any atom is 0.291 e. The van der Waals surface area contributed by atoms with Gasteiger partial charge >= 0.3 is 0 Å². The van der Waals surface area contributed by atoms with E-state index in [1.165, 1.54) is 24.3 Å². The Morgan fingerprint density at radius 2 is 2.12 bits per heavy atom. The zero-order valence-electron chi connectivity index (χ0n) is 8.34. The Morgan fingerprint density at radius 1 is 1.35 bits per heavy atom. The van der Waals surface area contributed by atoms with Gasteiger partial charge in [-0.1, -0.05) is 11.6 Å². The molecule has 0 spiro atoms. The molecule has 6 heteroatoms. The maximum atomic E-state index is 13.3. The number of amides is 1. The fourth-order valence-corrected chi connectivity index (χ4v) is 1.69. The zero-order chi connectivity index (χ0) is 12.4. The molecule has 0 bridgehead atoms. The fraction of sp³-hybridized carbons (Fsp3) is 0. The Labute approximate surface area is 110 Å². The molecule has 88 valence electrons. The van der Waals surface area contributed by atoms with Gasteiger partial charge in [-0.25, -0.2) is 4.39 Å². The number of anilines is 1. The summed E-state index contributed by atoms with van der Waals surface area (Å²) in [5.41, 5.74) is 0.00928. The quantitative estimate of drug-likeness (QED) is 0.906. The molecule has 17 heavy (non-hydrogen) atoms. The standard InChI is InChI=1S/C11H6BrClFNO2/c12-10-4-3-9(17-10)11(16)15-8-5-6(13)1-2-7(8)14/h1-5H,(H,15,16). The van der Waals surface area contributed by atoms with Crippen molar-refractivity contribution >= 4 is 39.1 Å². The molecule has 0 saturated heterocycles. The van der Waals surface area contributed by atoms with E-state index < -0.39 is 11.7 Å². The molecule has 2 aromatic rings. The van der Waals surface area contributed by atoms with Crippen LogP contribution in [0.25, 0.3) is 0 Å². The summed E-state index contributed by atoms with van der Waals surface area (Å²) >= 11 is 8.77. The highest BCUT2D eigenvalue weighted by Gasteiger charge is 2.13. The minimum Gasteiger partial charge on any atom is -0.444 e. The van der Waals surface area contributed by atoms with Crippen LogP contribution in [0.1, 0.15) is 10.6 Å². The molecule has 0 aliphatic rings. The molecule has 0 aliphatic heterocycles. The number of benzene rings is 1. The summed E-state index contributed by atoms with van der Waals surface area (Å²) < 4.78 is 18.8. The normalized spacial score (nSPS) is 10.3. The molecule has 1 amide bonds. The van der Waals surface area contributed by atoms with Crippen LogP contribution in [0.3, 0.4) is 0 Å². The second-order valence-corrected chi connectivity index (χ2v) is 4.40. The van der Waals surface area contributed by atoms with E-state index in [9.17, 15) is 9.18 Å². The van der Waals surface area contributed by atoms with E-state index in [0.717, 1.165) is 0 Å². The first-order chi connectivity index (χ1) is 8.06. The van der Waals surface area contributed by atoms with Gasteiger partial charge in [0.25, 0.3) is 5.91 Å². The molecule has 0 saturated carbocycles. The van der Waals surface area contributed by atoms with Crippen molar-refractivity contribution in [3.63, 3.8) is 0 Å². The predicted octanol–water partition coefficient (Wildman–Crippen LogP) is 4.09. The van der Waals surface area contributed by atoms with Crippen LogP contribution in [0.15, 0.2) is 39.4 Å². The van der Waals surface area contributed by atoms with Gasteiger partial charge in [0.05, 0.1) is 5.69 Å². The summed E-state index contributed by atoms with van der Waals surface area (Å²) in [6.07, 6.45) is 0. The third-order valence-electron chi connectivity index (χ3n) is 1.97. The molecular formula is C11H6BrClFNO2. The lowest BCUT2D eigenvalue weighted by Gasteiger charge is -2.04. The molecule has 0 atom stereocenters. The van der Waals surface area contributed by atoms with Crippen LogP contribution in [-0.4, -0.2) is 5.91 Å². The van der Waals surface area contributed by atoms with Crippen molar-refractivity contribution in [1.29, 1.82) is 0 Å². The highest BCUT2D eigenvalue weighted by atomic mass is 79.9. The first-order valence-electron chi connectivity index (χ1n) is 4.58. The Kier molecular flexibility index (Phi) is 3.49. The second kappa shape index (κ2) is 4.89. The monoisotopic (exact) mass is 317 g/mol.